The van der Waals surface area contributed by atoms with Crippen molar-refractivity contribution >= 4 is 39.1 Å². The van der Waals surface area contributed by atoms with E-state index in [1.54, 1.807) is 23.2 Å². The number of nitrogens with zero attached hydrogens (tertiary/aromatic N) is 4. The number of carbonyl (C=O) groups is 1. The second-order valence-corrected chi connectivity index (χ2v) is 7.55. The monoisotopic (exact) mass is 456 g/mol. The Morgan fingerprint density at radius 2 is 2.00 bits per heavy atom. The number of halogens is 2. The lowest BCUT2D eigenvalue weighted by molar-refractivity contribution is 0.0714. The molecule has 1 aliphatic rings. The molecule has 7 nitrogen and oxygen atoms in total. The number of unbranched alkanes of at least 4 members (excludes halogenated alkanes) is 2. The van der Waals surface area contributed by atoms with Gasteiger partial charge in [0.25, 0.3) is 11.5 Å². The van der Waals surface area contributed by atoms with Crippen LogP contribution in [0.3, 0.4) is 0 Å². The van der Waals surface area contributed by atoms with Crippen LogP contribution in [-0.4, -0.2) is 52.1 Å². The fraction of sp³-hybridized carbons (Fsp3) is 0.500. The van der Waals surface area contributed by atoms with Gasteiger partial charge in [0.2, 0.25) is 0 Å². The molecule has 0 aliphatic carbocycles. The number of aromatic nitrogens is 2. The summed E-state index contributed by atoms with van der Waals surface area (Å²) in [6.45, 7) is 2.80. The molecule has 0 saturated carbocycles. The minimum atomic E-state index is -0.262. The van der Waals surface area contributed by atoms with Gasteiger partial charge in [0, 0.05) is 38.1 Å². The molecule has 0 N–H and O–H groups in total. The van der Waals surface area contributed by atoms with Crippen LogP contribution in [0.2, 0.25) is 5.02 Å². The topological polar surface area (TPSA) is 71.6 Å². The number of alkyl halides is 1. The summed E-state index contributed by atoms with van der Waals surface area (Å²) in [4.78, 5) is 28.6. The van der Waals surface area contributed by atoms with Crippen LogP contribution in [0.15, 0.2) is 33.8 Å². The summed E-state index contributed by atoms with van der Waals surface area (Å²) in [6, 6.07) is 3.36. The number of carbonyl (C=O) groups excluding carboxylic acids is 1. The summed E-state index contributed by atoms with van der Waals surface area (Å²) in [5, 5.41) is 5.43. The van der Waals surface area contributed by atoms with Gasteiger partial charge in [-0.05, 0) is 25.0 Å². The predicted octanol–water partition coefficient (Wildman–Crippen LogP) is 3.02. The molecular weight excluding hydrogens is 436 g/mol. The lowest BCUT2D eigenvalue weighted by Gasteiger charge is -2.35. The molecule has 1 saturated heterocycles. The van der Waals surface area contributed by atoms with Crippen LogP contribution in [0.1, 0.15) is 29.8 Å². The van der Waals surface area contributed by atoms with Crippen molar-refractivity contribution in [2.45, 2.75) is 25.8 Å². The highest BCUT2D eigenvalue weighted by atomic mass is 79.9. The highest BCUT2D eigenvalue weighted by molar-refractivity contribution is 9.09. The van der Waals surface area contributed by atoms with E-state index in [0.717, 1.165) is 24.6 Å². The third-order valence-corrected chi connectivity index (χ3v) is 5.53. The number of amides is 1. The van der Waals surface area contributed by atoms with Crippen molar-refractivity contribution in [3.05, 3.63) is 45.7 Å². The van der Waals surface area contributed by atoms with Gasteiger partial charge in [-0.15, -0.1) is 0 Å². The first-order chi connectivity index (χ1) is 13.1. The highest BCUT2D eigenvalue weighted by Gasteiger charge is 2.25. The first-order valence-corrected chi connectivity index (χ1v) is 10.5. The first-order valence-electron chi connectivity index (χ1n) is 9.01. The van der Waals surface area contributed by atoms with Crippen molar-refractivity contribution in [1.29, 1.82) is 0 Å². The number of rotatable bonds is 7. The van der Waals surface area contributed by atoms with Gasteiger partial charge in [0.1, 0.15) is 5.02 Å². The standard InChI is InChI=1S/C18H22BrClN4O3/c19-6-2-1-3-7-24-18(26)16(20)14(13-21-24)22-8-10-23(11-9-22)17(25)15-5-4-12-27-15/h4-5,12-13H,1-3,6-11H2. The quantitative estimate of drug-likeness (QED) is 0.472. The zero-order chi connectivity index (χ0) is 19.2. The number of hydrogen-bond acceptors (Lipinski definition) is 5. The van der Waals surface area contributed by atoms with Gasteiger partial charge in [-0.2, -0.15) is 5.10 Å². The Morgan fingerprint density at radius 3 is 2.67 bits per heavy atom. The van der Waals surface area contributed by atoms with Gasteiger partial charge in [-0.25, -0.2) is 4.68 Å². The van der Waals surface area contributed by atoms with Gasteiger partial charge in [0.15, 0.2) is 5.76 Å². The van der Waals surface area contributed by atoms with Crippen molar-refractivity contribution < 1.29 is 9.21 Å². The van der Waals surface area contributed by atoms with Crippen molar-refractivity contribution in [2.24, 2.45) is 0 Å². The maximum absolute atomic E-state index is 12.5. The Balaban J connectivity index is 1.61. The van der Waals surface area contributed by atoms with E-state index >= 15 is 0 Å². The number of furan rings is 1. The molecule has 0 radical (unpaired) electrons. The normalized spacial score (nSPS) is 14.6. The van der Waals surface area contributed by atoms with Gasteiger partial charge in [0.05, 0.1) is 18.1 Å². The van der Waals surface area contributed by atoms with E-state index in [4.69, 9.17) is 16.0 Å². The highest BCUT2D eigenvalue weighted by Crippen LogP contribution is 2.23. The molecule has 0 atom stereocenters. The summed E-state index contributed by atoms with van der Waals surface area (Å²) < 4.78 is 6.60. The van der Waals surface area contributed by atoms with Gasteiger partial charge < -0.3 is 14.2 Å². The molecule has 1 aliphatic heterocycles. The van der Waals surface area contributed by atoms with Crippen LogP contribution < -0.4 is 10.5 Å². The van der Waals surface area contributed by atoms with Crippen molar-refractivity contribution in [1.82, 2.24) is 14.7 Å². The van der Waals surface area contributed by atoms with E-state index in [9.17, 15) is 9.59 Å². The van der Waals surface area contributed by atoms with Gasteiger partial charge in [-0.1, -0.05) is 34.0 Å². The zero-order valence-corrected chi connectivity index (χ0v) is 17.3. The number of hydrogen-bond donors (Lipinski definition) is 0. The largest absolute Gasteiger partial charge is 0.459 e. The molecule has 0 aromatic carbocycles. The lowest BCUT2D eigenvalue weighted by Crippen LogP contribution is -2.49. The molecule has 27 heavy (non-hydrogen) atoms. The maximum Gasteiger partial charge on any atom is 0.289 e. The molecule has 1 amide bonds. The molecule has 2 aromatic heterocycles. The SMILES string of the molecule is O=C(c1ccco1)N1CCN(c2cnn(CCCCCBr)c(=O)c2Cl)CC1. The second kappa shape index (κ2) is 9.41. The van der Waals surface area contributed by atoms with Crippen LogP contribution in [0.4, 0.5) is 5.69 Å². The molecule has 1 fully saturated rings. The smallest absolute Gasteiger partial charge is 0.289 e. The van der Waals surface area contributed by atoms with Crippen molar-refractivity contribution in [2.75, 3.05) is 36.4 Å². The summed E-state index contributed by atoms with van der Waals surface area (Å²) in [6.07, 6.45) is 6.13. The fourth-order valence-corrected chi connectivity index (χ4v) is 3.74. The van der Waals surface area contributed by atoms with E-state index in [1.165, 1.54) is 10.9 Å². The Bertz CT molecular complexity index is 817. The molecule has 9 heteroatoms. The predicted molar refractivity (Wildman–Crippen MR) is 108 cm³/mol. The van der Waals surface area contributed by atoms with Gasteiger partial charge >= 0.3 is 0 Å². The Kier molecular flexibility index (Phi) is 6.95. The molecule has 0 unspecified atom stereocenters. The molecule has 3 heterocycles. The van der Waals surface area contributed by atoms with Crippen LogP contribution in [-0.2, 0) is 6.54 Å². The van der Waals surface area contributed by atoms with Crippen LogP contribution >= 0.6 is 27.5 Å². The third kappa shape index (κ3) is 4.73. The van der Waals surface area contributed by atoms with E-state index in [-0.39, 0.29) is 16.5 Å². The summed E-state index contributed by atoms with van der Waals surface area (Å²) in [5.41, 5.74) is 0.366. The van der Waals surface area contributed by atoms with E-state index in [0.29, 0.717) is 44.2 Å². The number of anilines is 1. The third-order valence-electron chi connectivity index (χ3n) is 4.61. The summed E-state index contributed by atoms with van der Waals surface area (Å²) in [7, 11) is 0. The summed E-state index contributed by atoms with van der Waals surface area (Å²) in [5.74, 6) is 0.216. The second-order valence-electron chi connectivity index (χ2n) is 6.38. The minimum absolute atomic E-state index is 0.122. The molecule has 3 rings (SSSR count). The number of piperazine rings is 1. The summed E-state index contributed by atoms with van der Waals surface area (Å²) >= 11 is 9.73. The van der Waals surface area contributed by atoms with Crippen LogP contribution in [0.25, 0.3) is 0 Å². The minimum Gasteiger partial charge on any atom is -0.459 e. The Hall–Kier alpha value is -1.80. The molecular formula is C18H22BrClN4O3. The molecule has 146 valence electrons. The van der Waals surface area contributed by atoms with Crippen molar-refractivity contribution in [3.63, 3.8) is 0 Å². The first kappa shape index (κ1) is 19.9. The van der Waals surface area contributed by atoms with Crippen LogP contribution in [0.5, 0.6) is 0 Å². The van der Waals surface area contributed by atoms with E-state index in [1.807, 2.05) is 4.90 Å². The average molecular weight is 458 g/mol. The molecule has 2 aromatic rings. The fourth-order valence-electron chi connectivity index (χ4n) is 3.08. The van der Waals surface area contributed by atoms with E-state index < -0.39 is 0 Å². The maximum atomic E-state index is 12.5. The van der Waals surface area contributed by atoms with Gasteiger partial charge in [-0.3, -0.25) is 9.59 Å². The molecule has 0 bridgehead atoms. The van der Waals surface area contributed by atoms with Crippen molar-refractivity contribution in [3.8, 4) is 0 Å². The Morgan fingerprint density at radius 1 is 1.22 bits per heavy atom. The average Bonchev–Trinajstić information content (AvgIpc) is 3.23. The van der Waals surface area contributed by atoms with Crippen LogP contribution in [0, 0.1) is 0 Å². The molecule has 0 spiro atoms. The number of aryl methyl sites for hydroxylation is 1. The Labute approximate surface area is 171 Å². The zero-order valence-electron chi connectivity index (χ0n) is 14.9. The van der Waals surface area contributed by atoms with E-state index in [2.05, 4.69) is 21.0 Å². The lowest BCUT2D eigenvalue weighted by atomic mass is 10.2.